The van der Waals surface area contributed by atoms with Crippen LogP contribution in [-0.4, -0.2) is 49.3 Å². The molecule has 0 amide bonds. The van der Waals surface area contributed by atoms with Gasteiger partial charge in [-0.25, -0.2) is 4.57 Å². The van der Waals surface area contributed by atoms with Crippen LogP contribution in [0.25, 0.3) is 0 Å². The molecule has 0 aromatic heterocycles. The van der Waals surface area contributed by atoms with Crippen LogP contribution in [0.2, 0.25) is 0 Å². The lowest BCUT2D eigenvalue weighted by molar-refractivity contribution is -0.161. The highest BCUT2D eigenvalue weighted by molar-refractivity contribution is 7.47. The molecule has 0 saturated carbocycles. The van der Waals surface area contributed by atoms with Crippen LogP contribution in [0.4, 0.5) is 0 Å². The molecule has 2 atom stereocenters. The predicted molar refractivity (Wildman–Crippen MR) is 151 cm³/mol. The summed E-state index contributed by atoms with van der Waals surface area (Å²) in [5.74, 6) is -0.891. The largest absolute Gasteiger partial charge is 0.472 e. The highest BCUT2D eigenvalue weighted by Gasteiger charge is 2.25. The van der Waals surface area contributed by atoms with E-state index in [0.717, 1.165) is 44.9 Å². The van der Waals surface area contributed by atoms with Crippen molar-refractivity contribution in [2.45, 2.75) is 116 Å². The number of rotatable bonds is 26. The number of esters is 2. The van der Waals surface area contributed by atoms with Gasteiger partial charge in [0.25, 0.3) is 0 Å². The van der Waals surface area contributed by atoms with E-state index in [0.29, 0.717) is 12.8 Å². The number of carbonyl (C=O) groups is 2. The lowest BCUT2D eigenvalue weighted by Crippen LogP contribution is -2.29. The van der Waals surface area contributed by atoms with Crippen molar-refractivity contribution >= 4 is 19.8 Å². The Kier molecular flexibility index (Phi) is 24.7. The molecule has 3 N–H and O–H groups in total. The zero-order valence-corrected chi connectivity index (χ0v) is 24.5. The molecule has 0 aliphatic rings. The zero-order valence-electron chi connectivity index (χ0n) is 23.7. The number of phosphoric ester groups is 1. The quantitative estimate of drug-likeness (QED) is 0.0522. The minimum atomic E-state index is -4.34. The molecule has 0 spiro atoms. The molecule has 10 heteroatoms. The first kappa shape index (κ1) is 36.5. The molecular weight excluding hydrogens is 509 g/mol. The van der Waals surface area contributed by atoms with Crippen LogP contribution < -0.4 is 5.73 Å². The SMILES string of the molecule is CCCCC/C=C\C/C=C\CCCCCCCC(=O)OC(COC(=O)CCCC)COP(=O)(O)OCCN. The minimum Gasteiger partial charge on any atom is -0.462 e. The van der Waals surface area contributed by atoms with Gasteiger partial charge in [-0.3, -0.25) is 18.6 Å². The van der Waals surface area contributed by atoms with E-state index in [-0.39, 0.29) is 32.6 Å². The Morgan fingerprint density at radius 1 is 0.789 bits per heavy atom. The predicted octanol–water partition coefficient (Wildman–Crippen LogP) is 6.54. The summed E-state index contributed by atoms with van der Waals surface area (Å²) in [5.41, 5.74) is 5.26. The monoisotopic (exact) mass is 561 g/mol. The van der Waals surface area contributed by atoms with Crippen molar-refractivity contribution in [3.05, 3.63) is 24.3 Å². The Hall–Kier alpha value is -1.51. The van der Waals surface area contributed by atoms with Gasteiger partial charge in [0.1, 0.15) is 6.61 Å². The first-order valence-corrected chi connectivity index (χ1v) is 15.8. The van der Waals surface area contributed by atoms with Crippen LogP contribution in [0.1, 0.15) is 110 Å². The molecule has 0 heterocycles. The molecule has 0 rings (SSSR count). The summed E-state index contributed by atoms with van der Waals surface area (Å²) in [6.45, 7) is 3.37. The fraction of sp³-hybridized carbons (Fsp3) is 0.786. The number of unbranched alkanes of at least 4 members (excludes halogenated alkanes) is 9. The Balaban J connectivity index is 4.17. The smallest absolute Gasteiger partial charge is 0.462 e. The summed E-state index contributed by atoms with van der Waals surface area (Å²) in [6.07, 6.45) is 21.8. The number of allylic oxidation sites excluding steroid dienone is 4. The van der Waals surface area contributed by atoms with Crippen LogP contribution in [0.15, 0.2) is 24.3 Å². The Bertz CT molecular complexity index is 698. The van der Waals surface area contributed by atoms with Gasteiger partial charge in [-0.1, -0.05) is 76.7 Å². The third-order valence-electron chi connectivity index (χ3n) is 5.59. The van der Waals surface area contributed by atoms with Gasteiger partial charge in [0, 0.05) is 19.4 Å². The number of nitrogens with two attached hydrogens (primary N) is 1. The highest BCUT2D eigenvalue weighted by Crippen LogP contribution is 2.43. The van der Waals surface area contributed by atoms with Crippen LogP contribution >= 0.6 is 7.82 Å². The molecule has 0 bridgehead atoms. The molecule has 9 nitrogen and oxygen atoms in total. The first-order valence-electron chi connectivity index (χ1n) is 14.3. The summed E-state index contributed by atoms with van der Waals surface area (Å²) in [7, 11) is -4.34. The number of carbonyl (C=O) groups excluding carboxylic acids is 2. The average molecular weight is 562 g/mol. The lowest BCUT2D eigenvalue weighted by atomic mass is 10.1. The fourth-order valence-corrected chi connectivity index (χ4v) is 4.17. The highest BCUT2D eigenvalue weighted by atomic mass is 31.2. The molecule has 38 heavy (non-hydrogen) atoms. The Morgan fingerprint density at radius 2 is 1.39 bits per heavy atom. The van der Waals surface area contributed by atoms with E-state index in [1.165, 1.54) is 25.7 Å². The van der Waals surface area contributed by atoms with Gasteiger partial charge in [-0.05, 0) is 44.9 Å². The molecule has 0 aromatic carbocycles. The molecule has 2 unspecified atom stereocenters. The summed E-state index contributed by atoms with van der Waals surface area (Å²) in [4.78, 5) is 33.8. The topological polar surface area (TPSA) is 134 Å². The number of hydrogen-bond acceptors (Lipinski definition) is 8. The number of phosphoric acid groups is 1. The molecule has 0 aliphatic heterocycles. The molecule has 0 saturated heterocycles. The van der Waals surface area contributed by atoms with Crippen molar-refractivity contribution in [2.75, 3.05) is 26.4 Å². The van der Waals surface area contributed by atoms with Gasteiger partial charge in [0.05, 0.1) is 13.2 Å². The van der Waals surface area contributed by atoms with Crippen LogP contribution in [0.5, 0.6) is 0 Å². The third-order valence-corrected chi connectivity index (χ3v) is 6.57. The molecular formula is C28H52NO8P. The normalized spacial score (nSPS) is 14.1. The van der Waals surface area contributed by atoms with Crippen molar-refractivity contribution in [3.8, 4) is 0 Å². The fourth-order valence-electron chi connectivity index (χ4n) is 3.40. The van der Waals surface area contributed by atoms with E-state index in [4.69, 9.17) is 19.7 Å². The molecule has 0 aromatic rings. The zero-order chi connectivity index (χ0) is 28.3. The van der Waals surface area contributed by atoms with Crippen LogP contribution in [0.3, 0.4) is 0 Å². The van der Waals surface area contributed by atoms with E-state index < -0.39 is 32.5 Å². The van der Waals surface area contributed by atoms with Crippen molar-refractivity contribution in [3.63, 3.8) is 0 Å². The number of ether oxygens (including phenoxy) is 2. The van der Waals surface area contributed by atoms with Crippen molar-refractivity contribution < 1.29 is 37.6 Å². The summed E-state index contributed by atoms with van der Waals surface area (Å²) in [6, 6.07) is 0. The van der Waals surface area contributed by atoms with E-state index >= 15 is 0 Å². The Labute approximate surface area is 230 Å². The molecule has 0 radical (unpaired) electrons. The van der Waals surface area contributed by atoms with Gasteiger partial charge in [-0.15, -0.1) is 0 Å². The molecule has 0 aliphatic carbocycles. The second-order valence-electron chi connectivity index (χ2n) is 9.27. The van der Waals surface area contributed by atoms with Crippen molar-refractivity contribution in [1.29, 1.82) is 0 Å². The average Bonchev–Trinajstić information content (AvgIpc) is 2.90. The van der Waals surface area contributed by atoms with E-state index in [1.807, 2.05) is 6.92 Å². The lowest BCUT2D eigenvalue weighted by Gasteiger charge is -2.19. The summed E-state index contributed by atoms with van der Waals surface area (Å²) >= 11 is 0. The summed E-state index contributed by atoms with van der Waals surface area (Å²) in [5, 5.41) is 0. The minimum absolute atomic E-state index is 0.0505. The van der Waals surface area contributed by atoms with Gasteiger partial charge in [0.15, 0.2) is 6.10 Å². The second-order valence-corrected chi connectivity index (χ2v) is 10.7. The molecule has 0 fully saturated rings. The van der Waals surface area contributed by atoms with Crippen molar-refractivity contribution in [1.82, 2.24) is 0 Å². The van der Waals surface area contributed by atoms with Crippen LogP contribution in [-0.2, 0) is 32.7 Å². The van der Waals surface area contributed by atoms with Gasteiger partial charge >= 0.3 is 19.8 Å². The maximum Gasteiger partial charge on any atom is 0.472 e. The van der Waals surface area contributed by atoms with Crippen LogP contribution in [0, 0.1) is 0 Å². The second kappa shape index (κ2) is 25.8. The van der Waals surface area contributed by atoms with E-state index in [1.54, 1.807) is 0 Å². The van der Waals surface area contributed by atoms with Gasteiger partial charge < -0.3 is 20.1 Å². The Morgan fingerprint density at radius 3 is 2.05 bits per heavy atom. The summed E-state index contributed by atoms with van der Waals surface area (Å²) < 4.78 is 32.0. The van der Waals surface area contributed by atoms with Gasteiger partial charge in [0.2, 0.25) is 0 Å². The first-order chi connectivity index (χ1) is 18.3. The van der Waals surface area contributed by atoms with E-state index in [2.05, 4.69) is 35.8 Å². The van der Waals surface area contributed by atoms with Crippen molar-refractivity contribution in [2.24, 2.45) is 5.73 Å². The van der Waals surface area contributed by atoms with E-state index in [9.17, 15) is 19.0 Å². The molecule has 222 valence electrons. The maximum atomic E-state index is 12.3. The maximum absolute atomic E-state index is 12.3. The number of hydrogen-bond donors (Lipinski definition) is 2. The standard InChI is InChI=1S/C28H52NO8P/c1-3-5-7-8-9-10-11-12-13-14-15-16-17-18-19-21-28(31)37-26(24-34-27(30)20-6-4-2)25-36-38(32,33)35-23-22-29/h9-10,12-13,26H,3-8,11,14-25,29H2,1-2H3,(H,32,33)/b10-9-,13-12-. The van der Waals surface area contributed by atoms with Gasteiger partial charge in [-0.2, -0.15) is 0 Å². The third kappa shape index (κ3) is 24.8.